The predicted octanol–water partition coefficient (Wildman–Crippen LogP) is 1.25. The van der Waals surface area contributed by atoms with Crippen LogP contribution >= 0.6 is 0 Å². The Balaban J connectivity index is 1.97. The van der Waals surface area contributed by atoms with Gasteiger partial charge in [-0.15, -0.1) is 0 Å². The van der Waals surface area contributed by atoms with E-state index in [1.54, 1.807) is 11.2 Å². The van der Waals surface area contributed by atoms with E-state index in [4.69, 9.17) is 9.52 Å². The quantitative estimate of drug-likeness (QED) is 0.898. The summed E-state index contributed by atoms with van der Waals surface area (Å²) in [5.41, 5.74) is 0. The summed E-state index contributed by atoms with van der Waals surface area (Å²) in [4.78, 5) is 0.208. The maximum absolute atomic E-state index is 12.6. The lowest BCUT2D eigenvalue weighted by Crippen LogP contribution is -2.37. The molecular formula is C12H17NO4S. The highest BCUT2D eigenvalue weighted by Gasteiger charge is 2.45. The van der Waals surface area contributed by atoms with Crippen molar-refractivity contribution in [1.29, 1.82) is 0 Å². The Morgan fingerprint density at radius 1 is 1.50 bits per heavy atom. The molecule has 2 unspecified atom stereocenters. The van der Waals surface area contributed by atoms with Crippen LogP contribution in [0.5, 0.6) is 0 Å². The van der Waals surface area contributed by atoms with Gasteiger partial charge in [0.1, 0.15) is 23.0 Å². The van der Waals surface area contributed by atoms with Gasteiger partial charge in [0.15, 0.2) is 0 Å². The van der Waals surface area contributed by atoms with Crippen LogP contribution < -0.4 is 0 Å². The van der Waals surface area contributed by atoms with Gasteiger partial charge in [0.25, 0.3) is 0 Å². The molecule has 18 heavy (non-hydrogen) atoms. The molecule has 6 heteroatoms. The monoisotopic (exact) mass is 271 g/mol. The summed E-state index contributed by atoms with van der Waals surface area (Å²) in [7, 11) is -3.46. The highest BCUT2D eigenvalue weighted by molar-refractivity contribution is 7.89. The Morgan fingerprint density at radius 2 is 2.28 bits per heavy atom. The first-order valence-electron chi connectivity index (χ1n) is 6.24. The van der Waals surface area contributed by atoms with Crippen LogP contribution in [0, 0.1) is 12.8 Å². The third kappa shape index (κ3) is 1.71. The minimum atomic E-state index is -3.46. The fourth-order valence-corrected chi connectivity index (χ4v) is 5.09. The lowest BCUT2D eigenvalue weighted by atomic mass is 10.1. The Morgan fingerprint density at radius 3 is 2.78 bits per heavy atom. The Labute approximate surface area is 106 Å². The molecule has 1 aliphatic carbocycles. The van der Waals surface area contributed by atoms with Crippen molar-refractivity contribution >= 4 is 10.0 Å². The lowest BCUT2D eigenvalue weighted by molar-refractivity contribution is 0.244. The van der Waals surface area contributed by atoms with Crippen LogP contribution in [-0.2, 0) is 16.6 Å². The van der Waals surface area contributed by atoms with Crippen LogP contribution in [0.15, 0.2) is 15.4 Å². The van der Waals surface area contributed by atoms with Gasteiger partial charge in [0.05, 0.1) is 0 Å². The van der Waals surface area contributed by atoms with Crippen molar-refractivity contribution in [3.8, 4) is 0 Å². The number of aliphatic hydroxyl groups excluding tert-OH is 1. The minimum Gasteiger partial charge on any atom is -0.462 e. The van der Waals surface area contributed by atoms with Crippen molar-refractivity contribution in [1.82, 2.24) is 4.31 Å². The first-order valence-corrected chi connectivity index (χ1v) is 7.68. The molecule has 0 spiro atoms. The fraction of sp³-hybridized carbons (Fsp3) is 0.667. The summed E-state index contributed by atoms with van der Waals surface area (Å²) in [5.74, 6) is 1.19. The minimum absolute atomic E-state index is 0.159. The summed E-state index contributed by atoms with van der Waals surface area (Å²) in [6.07, 6.45) is 3.10. The molecule has 2 bridgehead atoms. The SMILES string of the molecule is Cc1oc(CO)cc1S(=O)(=O)N1CC2CCC1C2. The average Bonchev–Trinajstić information content (AvgIpc) is 3.02. The van der Waals surface area contributed by atoms with Gasteiger partial charge in [-0.1, -0.05) is 0 Å². The third-order valence-corrected chi connectivity index (χ3v) is 6.05. The summed E-state index contributed by atoms with van der Waals surface area (Å²) in [6.45, 7) is 1.98. The zero-order valence-corrected chi connectivity index (χ0v) is 11.1. The second kappa shape index (κ2) is 4.08. The summed E-state index contributed by atoms with van der Waals surface area (Å²) in [6, 6.07) is 1.60. The van der Waals surface area contributed by atoms with Crippen LogP contribution in [0.2, 0.25) is 0 Å². The second-order valence-corrected chi connectivity index (χ2v) is 7.06. The Bertz CT molecular complexity index is 563. The zero-order valence-electron chi connectivity index (χ0n) is 10.3. The number of rotatable bonds is 3. The zero-order chi connectivity index (χ0) is 12.9. The van der Waals surface area contributed by atoms with E-state index in [2.05, 4.69) is 0 Å². The average molecular weight is 271 g/mol. The van der Waals surface area contributed by atoms with Crippen molar-refractivity contribution in [3.63, 3.8) is 0 Å². The first kappa shape index (κ1) is 12.2. The number of sulfonamides is 1. The molecule has 0 amide bonds. The Kier molecular flexibility index (Phi) is 2.76. The smallest absolute Gasteiger partial charge is 0.246 e. The lowest BCUT2D eigenvalue weighted by Gasteiger charge is -2.25. The molecule has 2 atom stereocenters. The van der Waals surface area contributed by atoms with Gasteiger partial charge in [0.2, 0.25) is 10.0 Å². The number of piperidine rings is 1. The van der Waals surface area contributed by atoms with Gasteiger partial charge < -0.3 is 9.52 Å². The first-order chi connectivity index (χ1) is 8.52. The molecule has 1 saturated carbocycles. The molecule has 1 saturated heterocycles. The largest absolute Gasteiger partial charge is 0.462 e. The number of aliphatic hydroxyl groups is 1. The number of nitrogens with zero attached hydrogens (tertiary/aromatic N) is 1. The van der Waals surface area contributed by atoms with Crippen LogP contribution in [0.3, 0.4) is 0 Å². The van der Waals surface area contributed by atoms with E-state index in [9.17, 15) is 8.42 Å². The number of hydrogen-bond acceptors (Lipinski definition) is 4. The molecule has 0 radical (unpaired) electrons. The molecular weight excluding hydrogens is 254 g/mol. The van der Waals surface area contributed by atoms with Gasteiger partial charge in [0, 0.05) is 18.7 Å². The molecule has 1 aromatic heterocycles. The van der Waals surface area contributed by atoms with Gasteiger partial charge >= 0.3 is 0 Å². The van der Waals surface area contributed by atoms with Gasteiger partial charge in [-0.2, -0.15) is 4.31 Å². The maximum Gasteiger partial charge on any atom is 0.246 e. The highest BCUT2D eigenvalue weighted by Crippen LogP contribution is 2.41. The van der Waals surface area contributed by atoms with E-state index >= 15 is 0 Å². The van der Waals surface area contributed by atoms with Crippen LogP contribution in [0.25, 0.3) is 0 Å². The second-order valence-electron chi connectivity index (χ2n) is 5.20. The predicted molar refractivity (Wildman–Crippen MR) is 64.4 cm³/mol. The molecule has 1 aromatic rings. The third-order valence-electron chi connectivity index (χ3n) is 4.02. The normalized spacial score (nSPS) is 28.1. The molecule has 2 aliphatic rings. The van der Waals surface area contributed by atoms with E-state index < -0.39 is 10.0 Å². The number of fused-ring (bicyclic) bond motifs is 2. The topological polar surface area (TPSA) is 70.8 Å². The molecule has 100 valence electrons. The maximum atomic E-state index is 12.6. The van der Waals surface area contributed by atoms with Crippen molar-refractivity contribution in [3.05, 3.63) is 17.6 Å². The fourth-order valence-electron chi connectivity index (χ4n) is 3.16. The number of furan rings is 1. The number of hydrogen-bond donors (Lipinski definition) is 1. The van der Waals surface area contributed by atoms with Crippen molar-refractivity contribution in [2.75, 3.05) is 6.54 Å². The van der Waals surface area contributed by atoms with Crippen LogP contribution in [0.1, 0.15) is 30.8 Å². The van der Waals surface area contributed by atoms with E-state index in [1.165, 1.54) is 6.07 Å². The molecule has 1 N–H and O–H groups in total. The van der Waals surface area contributed by atoms with Gasteiger partial charge in [-0.05, 0) is 32.1 Å². The van der Waals surface area contributed by atoms with Crippen molar-refractivity contribution in [2.45, 2.75) is 43.7 Å². The van der Waals surface area contributed by atoms with E-state index in [1.807, 2.05) is 0 Å². The van der Waals surface area contributed by atoms with Crippen LogP contribution in [0.4, 0.5) is 0 Å². The molecule has 5 nitrogen and oxygen atoms in total. The number of aryl methyl sites for hydroxylation is 1. The molecule has 3 rings (SSSR count). The summed E-state index contributed by atoms with van der Waals surface area (Å²) in [5, 5.41) is 9.01. The molecule has 1 aliphatic heterocycles. The molecule has 2 fully saturated rings. The van der Waals surface area contributed by atoms with Gasteiger partial charge in [-0.25, -0.2) is 8.42 Å². The van der Waals surface area contributed by atoms with E-state index in [0.717, 1.165) is 19.3 Å². The van der Waals surface area contributed by atoms with Gasteiger partial charge in [-0.3, -0.25) is 0 Å². The summed E-state index contributed by atoms with van der Waals surface area (Å²) < 4.78 is 32.0. The van der Waals surface area contributed by atoms with E-state index in [-0.39, 0.29) is 17.5 Å². The molecule has 0 aromatic carbocycles. The van der Waals surface area contributed by atoms with E-state index in [0.29, 0.717) is 24.0 Å². The molecule has 2 heterocycles. The standard InChI is InChI=1S/C12H17NO4S/c1-8-12(5-11(7-14)17-8)18(15,16)13-6-9-2-3-10(13)4-9/h5,9-10,14H,2-4,6-7H2,1H3. The highest BCUT2D eigenvalue weighted by atomic mass is 32.2. The Hall–Kier alpha value is -0.850. The van der Waals surface area contributed by atoms with Crippen molar-refractivity contribution < 1.29 is 17.9 Å². The van der Waals surface area contributed by atoms with Crippen molar-refractivity contribution in [2.24, 2.45) is 5.92 Å². The van der Waals surface area contributed by atoms with Crippen LogP contribution in [-0.4, -0.2) is 30.4 Å². The summed E-state index contributed by atoms with van der Waals surface area (Å²) >= 11 is 0.